The maximum absolute atomic E-state index is 12.8. The second-order valence-corrected chi connectivity index (χ2v) is 8.42. The van der Waals surface area contributed by atoms with E-state index in [0.29, 0.717) is 31.0 Å². The Labute approximate surface area is 162 Å². The summed E-state index contributed by atoms with van der Waals surface area (Å²) in [4.78, 5) is 29.5. The first kappa shape index (κ1) is 18.5. The monoisotopic (exact) mass is 369 g/mol. The van der Waals surface area contributed by atoms with Crippen molar-refractivity contribution in [3.63, 3.8) is 0 Å². The summed E-state index contributed by atoms with van der Waals surface area (Å²) < 4.78 is 0. The number of nitrogens with zero attached hydrogens (tertiary/aromatic N) is 2. The van der Waals surface area contributed by atoms with Crippen molar-refractivity contribution >= 4 is 11.8 Å². The maximum atomic E-state index is 12.8. The average Bonchev–Trinajstić information content (AvgIpc) is 3.42. The first-order valence-corrected chi connectivity index (χ1v) is 10.5. The normalized spacial score (nSPS) is 25.7. The number of hydrogen-bond donors (Lipinski definition) is 1. The molecule has 146 valence electrons. The zero-order valence-corrected chi connectivity index (χ0v) is 16.1. The fourth-order valence-electron chi connectivity index (χ4n) is 4.58. The molecule has 1 aromatic rings. The molecule has 27 heavy (non-hydrogen) atoms. The minimum absolute atomic E-state index is 0.159. The average molecular weight is 370 g/mol. The van der Waals surface area contributed by atoms with Crippen molar-refractivity contribution in [2.75, 3.05) is 26.2 Å². The minimum Gasteiger partial charge on any atom is -0.352 e. The van der Waals surface area contributed by atoms with E-state index in [2.05, 4.69) is 27.2 Å². The molecule has 0 unspecified atom stereocenters. The molecule has 4 rings (SSSR count). The Morgan fingerprint density at radius 2 is 1.85 bits per heavy atom. The SMILES string of the molecule is O=C(CN1CCCC[C@H]2CN(C(=O)CCc3ccccc3)C[C@H]21)NC1CC1. The zero-order valence-electron chi connectivity index (χ0n) is 16.1. The molecular formula is C22H31N3O2. The van der Waals surface area contributed by atoms with E-state index in [1.165, 1.54) is 18.4 Å². The van der Waals surface area contributed by atoms with Gasteiger partial charge in [-0.1, -0.05) is 36.8 Å². The lowest BCUT2D eigenvalue weighted by molar-refractivity contribution is -0.130. The van der Waals surface area contributed by atoms with Crippen LogP contribution in [-0.4, -0.2) is 59.9 Å². The van der Waals surface area contributed by atoms with Gasteiger partial charge in [0.2, 0.25) is 11.8 Å². The number of nitrogens with one attached hydrogen (secondary N) is 1. The number of carbonyl (C=O) groups is 2. The second kappa shape index (κ2) is 8.42. The van der Waals surface area contributed by atoms with Crippen molar-refractivity contribution in [3.8, 4) is 0 Å². The Kier molecular flexibility index (Phi) is 5.77. The quantitative estimate of drug-likeness (QED) is 0.836. The van der Waals surface area contributed by atoms with Crippen LogP contribution in [-0.2, 0) is 16.0 Å². The van der Waals surface area contributed by atoms with Gasteiger partial charge in [0.1, 0.15) is 0 Å². The van der Waals surface area contributed by atoms with Crippen molar-refractivity contribution in [2.24, 2.45) is 5.92 Å². The standard InChI is InChI=1S/C22H31N3O2/c26-21(23-19-10-11-19)16-24-13-5-4-8-18-14-25(15-20(18)24)22(27)12-9-17-6-2-1-3-7-17/h1-3,6-7,18-20H,4-5,8-16H2,(H,23,26)/t18-,20+/m0/s1. The first-order valence-electron chi connectivity index (χ1n) is 10.5. The third-order valence-corrected chi connectivity index (χ3v) is 6.26. The number of carbonyl (C=O) groups excluding carboxylic acids is 2. The molecule has 2 aliphatic heterocycles. The highest BCUT2D eigenvalue weighted by molar-refractivity contribution is 5.79. The predicted octanol–water partition coefficient (Wildman–Crippen LogP) is 2.21. The van der Waals surface area contributed by atoms with Crippen LogP contribution in [0.25, 0.3) is 0 Å². The summed E-state index contributed by atoms with van der Waals surface area (Å²) in [6.45, 7) is 3.11. The van der Waals surface area contributed by atoms with Gasteiger partial charge < -0.3 is 10.2 Å². The summed E-state index contributed by atoms with van der Waals surface area (Å²) in [5.41, 5.74) is 1.22. The van der Waals surface area contributed by atoms with Crippen LogP contribution in [0.5, 0.6) is 0 Å². The molecule has 3 fully saturated rings. The molecule has 0 bridgehead atoms. The van der Waals surface area contributed by atoms with Gasteiger partial charge in [0.05, 0.1) is 6.54 Å². The zero-order chi connectivity index (χ0) is 18.6. The van der Waals surface area contributed by atoms with E-state index in [1.54, 1.807) is 0 Å². The molecule has 5 heteroatoms. The van der Waals surface area contributed by atoms with Crippen LogP contribution < -0.4 is 5.32 Å². The Hall–Kier alpha value is -1.88. The number of rotatable bonds is 6. The largest absolute Gasteiger partial charge is 0.352 e. The van der Waals surface area contributed by atoms with E-state index in [0.717, 1.165) is 45.3 Å². The topological polar surface area (TPSA) is 52.7 Å². The Bertz CT molecular complexity index is 659. The summed E-state index contributed by atoms with van der Waals surface area (Å²) in [7, 11) is 0. The van der Waals surface area contributed by atoms with E-state index in [-0.39, 0.29) is 11.8 Å². The molecule has 0 radical (unpaired) electrons. The van der Waals surface area contributed by atoms with Gasteiger partial charge >= 0.3 is 0 Å². The van der Waals surface area contributed by atoms with Gasteiger partial charge in [0, 0.05) is 31.6 Å². The lowest BCUT2D eigenvalue weighted by atomic mass is 9.98. The lowest BCUT2D eigenvalue weighted by Crippen LogP contribution is -2.46. The molecule has 2 heterocycles. The summed E-state index contributed by atoms with van der Waals surface area (Å²) in [5, 5.41) is 3.11. The Morgan fingerprint density at radius 3 is 2.63 bits per heavy atom. The maximum Gasteiger partial charge on any atom is 0.234 e. The van der Waals surface area contributed by atoms with Crippen molar-refractivity contribution in [1.29, 1.82) is 0 Å². The number of fused-ring (bicyclic) bond motifs is 1. The number of benzene rings is 1. The van der Waals surface area contributed by atoms with E-state index < -0.39 is 0 Å². The van der Waals surface area contributed by atoms with Crippen molar-refractivity contribution in [3.05, 3.63) is 35.9 Å². The van der Waals surface area contributed by atoms with Gasteiger partial charge in [-0.2, -0.15) is 0 Å². The molecule has 2 atom stereocenters. The van der Waals surface area contributed by atoms with Crippen LogP contribution in [0.2, 0.25) is 0 Å². The van der Waals surface area contributed by atoms with Crippen molar-refractivity contribution in [2.45, 2.75) is 57.0 Å². The molecule has 1 saturated carbocycles. The highest BCUT2D eigenvalue weighted by Gasteiger charge is 2.40. The van der Waals surface area contributed by atoms with Crippen LogP contribution in [0, 0.1) is 5.92 Å². The molecule has 0 spiro atoms. The van der Waals surface area contributed by atoms with Gasteiger partial charge in [-0.25, -0.2) is 0 Å². The van der Waals surface area contributed by atoms with E-state index in [1.807, 2.05) is 18.2 Å². The summed E-state index contributed by atoms with van der Waals surface area (Å²) in [6, 6.07) is 11.0. The van der Waals surface area contributed by atoms with Crippen molar-refractivity contribution < 1.29 is 9.59 Å². The van der Waals surface area contributed by atoms with Gasteiger partial charge in [-0.3, -0.25) is 14.5 Å². The second-order valence-electron chi connectivity index (χ2n) is 8.42. The minimum atomic E-state index is 0.159. The van der Waals surface area contributed by atoms with Crippen LogP contribution in [0.3, 0.4) is 0 Å². The number of aryl methyl sites for hydroxylation is 1. The lowest BCUT2D eigenvalue weighted by Gasteiger charge is -2.29. The van der Waals surface area contributed by atoms with Crippen LogP contribution in [0.1, 0.15) is 44.1 Å². The first-order chi connectivity index (χ1) is 13.2. The Morgan fingerprint density at radius 1 is 1.04 bits per heavy atom. The number of amides is 2. The Balaban J connectivity index is 1.32. The predicted molar refractivity (Wildman–Crippen MR) is 105 cm³/mol. The number of hydrogen-bond acceptors (Lipinski definition) is 3. The molecule has 3 aliphatic rings. The molecule has 2 amide bonds. The molecule has 1 aromatic carbocycles. The smallest absolute Gasteiger partial charge is 0.234 e. The van der Waals surface area contributed by atoms with Crippen molar-refractivity contribution in [1.82, 2.24) is 15.1 Å². The van der Waals surface area contributed by atoms with Crippen LogP contribution >= 0.6 is 0 Å². The van der Waals surface area contributed by atoms with E-state index >= 15 is 0 Å². The van der Waals surface area contributed by atoms with E-state index in [9.17, 15) is 9.59 Å². The fourth-order valence-corrected chi connectivity index (χ4v) is 4.58. The third-order valence-electron chi connectivity index (χ3n) is 6.26. The third kappa shape index (κ3) is 4.89. The summed E-state index contributed by atoms with van der Waals surface area (Å²) in [5.74, 6) is 0.934. The van der Waals surface area contributed by atoms with Gasteiger partial charge in [-0.15, -0.1) is 0 Å². The van der Waals surface area contributed by atoms with Crippen LogP contribution in [0.15, 0.2) is 30.3 Å². The summed E-state index contributed by atoms with van der Waals surface area (Å²) >= 11 is 0. The van der Waals surface area contributed by atoms with Gasteiger partial charge in [-0.05, 0) is 50.1 Å². The molecule has 1 aliphatic carbocycles. The van der Waals surface area contributed by atoms with Crippen LogP contribution in [0.4, 0.5) is 0 Å². The molecule has 1 N–H and O–H groups in total. The van der Waals surface area contributed by atoms with Gasteiger partial charge in [0.15, 0.2) is 0 Å². The highest BCUT2D eigenvalue weighted by Crippen LogP contribution is 2.30. The summed E-state index contributed by atoms with van der Waals surface area (Å²) in [6.07, 6.45) is 7.17. The molecule has 0 aromatic heterocycles. The number of likely N-dealkylation sites (tertiary alicyclic amines) is 2. The fraction of sp³-hybridized carbons (Fsp3) is 0.636. The molecule has 5 nitrogen and oxygen atoms in total. The highest BCUT2D eigenvalue weighted by atomic mass is 16.2. The van der Waals surface area contributed by atoms with E-state index in [4.69, 9.17) is 0 Å². The molecule has 2 saturated heterocycles. The van der Waals surface area contributed by atoms with Gasteiger partial charge in [0.25, 0.3) is 0 Å². The molecular weight excluding hydrogens is 338 g/mol.